The number of hydrogen-bond acceptors (Lipinski definition) is 4. The molecule has 4 heteroatoms. The Bertz CT molecular complexity index is 187. The first-order chi connectivity index (χ1) is 4.79. The summed E-state index contributed by atoms with van der Waals surface area (Å²) < 4.78 is 0. The molecular weight excluding hydrogens is 130 g/mol. The second kappa shape index (κ2) is 3.24. The molecule has 54 valence electrons. The van der Waals surface area contributed by atoms with Crippen molar-refractivity contribution in [2.45, 2.75) is 12.6 Å². The maximum atomic E-state index is 8.70. The van der Waals surface area contributed by atoms with Crippen molar-refractivity contribution in [2.75, 3.05) is 0 Å². The van der Waals surface area contributed by atoms with Gasteiger partial charge in [0, 0.05) is 18.8 Å². The smallest absolute Gasteiger partial charge is 0.132 e. The van der Waals surface area contributed by atoms with Crippen LogP contribution in [0.5, 0.6) is 0 Å². The van der Waals surface area contributed by atoms with Gasteiger partial charge in [-0.2, -0.15) is 0 Å². The lowest BCUT2D eigenvalue weighted by atomic mass is 10.4. The second-order valence-electron chi connectivity index (χ2n) is 1.94. The zero-order valence-corrected chi connectivity index (χ0v) is 5.44. The van der Waals surface area contributed by atoms with Gasteiger partial charge >= 0.3 is 0 Å². The average Bonchev–Trinajstić information content (AvgIpc) is 1.88. The maximum Gasteiger partial charge on any atom is 0.132 e. The number of aliphatic hydroxyl groups is 1. The molecule has 4 nitrogen and oxygen atoms in total. The Balaban J connectivity index is 2.59. The van der Waals surface area contributed by atoms with E-state index in [1.54, 1.807) is 18.5 Å². The summed E-state index contributed by atoms with van der Waals surface area (Å²) in [5, 5.41) is 8.70. The molecule has 1 atom stereocenters. The Labute approximate surface area is 58.7 Å². The number of nitrogens with two attached hydrogens (primary N) is 1. The number of aromatic nitrogens is 2. The van der Waals surface area contributed by atoms with Gasteiger partial charge in [0.1, 0.15) is 12.1 Å². The number of aliphatic hydroxyl groups excluding tert-OH is 1. The highest BCUT2D eigenvalue weighted by Gasteiger charge is 1.98. The zero-order chi connectivity index (χ0) is 7.40. The third kappa shape index (κ3) is 2.08. The average molecular weight is 139 g/mol. The van der Waals surface area contributed by atoms with Crippen LogP contribution in [0.15, 0.2) is 18.5 Å². The van der Waals surface area contributed by atoms with E-state index in [0.717, 1.165) is 0 Å². The molecule has 0 spiro atoms. The fourth-order valence-electron chi connectivity index (χ4n) is 0.622. The summed E-state index contributed by atoms with van der Waals surface area (Å²) in [5.41, 5.74) is 5.10. The van der Waals surface area contributed by atoms with Gasteiger partial charge in [0.2, 0.25) is 0 Å². The highest BCUT2D eigenvalue weighted by molar-refractivity contribution is 4.89. The molecule has 0 bridgehead atoms. The molecule has 0 aliphatic heterocycles. The van der Waals surface area contributed by atoms with Crippen LogP contribution in [0.25, 0.3) is 0 Å². The Morgan fingerprint density at radius 1 is 1.50 bits per heavy atom. The van der Waals surface area contributed by atoms with Crippen LogP contribution < -0.4 is 5.73 Å². The van der Waals surface area contributed by atoms with Crippen molar-refractivity contribution in [3.05, 3.63) is 24.3 Å². The van der Waals surface area contributed by atoms with Crippen molar-refractivity contribution in [2.24, 2.45) is 5.73 Å². The van der Waals surface area contributed by atoms with E-state index in [1.807, 2.05) is 0 Å². The molecule has 0 saturated heterocycles. The first-order valence-corrected chi connectivity index (χ1v) is 2.98. The van der Waals surface area contributed by atoms with E-state index >= 15 is 0 Å². The summed E-state index contributed by atoms with van der Waals surface area (Å²) in [4.78, 5) is 7.74. The third-order valence-corrected chi connectivity index (χ3v) is 1.01. The van der Waals surface area contributed by atoms with Gasteiger partial charge in [0.05, 0.1) is 0 Å². The first-order valence-electron chi connectivity index (χ1n) is 2.98. The standard InChI is InChI=1S/C6H9N3O/c7-5(10)4-6-8-2-1-3-9-6/h1-3,5,10H,4,7H2. The van der Waals surface area contributed by atoms with E-state index in [1.165, 1.54) is 0 Å². The van der Waals surface area contributed by atoms with Gasteiger partial charge < -0.3 is 10.8 Å². The van der Waals surface area contributed by atoms with Crippen molar-refractivity contribution in [1.82, 2.24) is 9.97 Å². The van der Waals surface area contributed by atoms with Gasteiger partial charge in [-0.1, -0.05) is 0 Å². The minimum atomic E-state index is -0.859. The van der Waals surface area contributed by atoms with Gasteiger partial charge in [-0.25, -0.2) is 9.97 Å². The van der Waals surface area contributed by atoms with Crippen LogP contribution in [0.3, 0.4) is 0 Å². The fraction of sp³-hybridized carbons (Fsp3) is 0.333. The Hall–Kier alpha value is -1.00. The molecule has 1 unspecified atom stereocenters. The number of hydrogen-bond donors (Lipinski definition) is 2. The van der Waals surface area contributed by atoms with Crippen LogP contribution in [0.2, 0.25) is 0 Å². The molecule has 1 heterocycles. The summed E-state index contributed by atoms with van der Waals surface area (Å²) in [6.07, 6.45) is 2.68. The third-order valence-electron chi connectivity index (χ3n) is 1.01. The van der Waals surface area contributed by atoms with E-state index in [4.69, 9.17) is 10.8 Å². The summed E-state index contributed by atoms with van der Waals surface area (Å²) >= 11 is 0. The van der Waals surface area contributed by atoms with E-state index in [-0.39, 0.29) is 0 Å². The molecule has 10 heavy (non-hydrogen) atoms. The number of rotatable bonds is 2. The van der Waals surface area contributed by atoms with Crippen molar-refractivity contribution in [3.8, 4) is 0 Å². The van der Waals surface area contributed by atoms with Crippen LogP contribution in [0, 0.1) is 0 Å². The van der Waals surface area contributed by atoms with Crippen molar-refractivity contribution < 1.29 is 5.11 Å². The lowest BCUT2D eigenvalue weighted by Crippen LogP contribution is -2.22. The van der Waals surface area contributed by atoms with Gasteiger partial charge in [-0.05, 0) is 6.07 Å². The zero-order valence-electron chi connectivity index (χ0n) is 5.44. The molecule has 0 saturated carbocycles. The van der Waals surface area contributed by atoms with Gasteiger partial charge in [-0.3, -0.25) is 0 Å². The van der Waals surface area contributed by atoms with Crippen LogP contribution in [-0.4, -0.2) is 21.3 Å². The molecule has 0 aliphatic carbocycles. The Morgan fingerprint density at radius 3 is 2.60 bits per heavy atom. The topological polar surface area (TPSA) is 72.0 Å². The van der Waals surface area contributed by atoms with E-state index in [0.29, 0.717) is 12.2 Å². The fourth-order valence-corrected chi connectivity index (χ4v) is 0.622. The highest BCUT2D eigenvalue weighted by Crippen LogP contribution is 1.89. The summed E-state index contributed by atoms with van der Waals surface area (Å²) in [6.45, 7) is 0. The van der Waals surface area contributed by atoms with Crippen LogP contribution in [0.4, 0.5) is 0 Å². The van der Waals surface area contributed by atoms with E-state index in [9.17, 15) is 0 Å². The van der Waals surface area contributed by atoms with Crippen LogP contribution >= 0.6 is 0 Å². The molecule has 0 aromatic carbocycles. The van der Waals surface area contributed by atoms with Gasteiger partial charge in [0.15, 0.2) is 0 Å². The van der Waals surface area contributed by atoms with Crippen LogP contribution in [0.1, 0.15) is 5.82 Å². The SMILES string of the molecule is NC(O)Cc1ncccn1. The first kappa shape index (κ1) is 7.11. The Morgan fingerprint density at radius 2 is 2.10 bits per heavy atom. The quantitative estimate of drug-likeness (QED) is 0.531. The minimum absolute atomic E-state index is 0.306. The highest BCUT2D eigenvalue weighted by atomic mass is 16.3. The second-order valence-corrected chi connectivity index (χ2v) is 1.94. The predicted molar refractivity (Wildman–Crippen MR) is 35.9 cm³/mol. The van der Waals surface area contributed by atoms with E-state index in [2.05, 4.69) is 9.97 Å². The van der Waals surface area contributed by atoms with Crippen molar-refractivity contribution in [1.29, 1.82) is 0 Å². The predicted octanol–water partition coefficient (Wildman–Crippen LogP) is -0.704. The normalized spacial score (nSPS) is 13.0. The van der Waals surface area contributed by atoms with E-state index < -0.39 is 6.23 Å². The lowest BCUT2D eigenvalue weighted by molar-refractivity contribution is 0.180. The molecule has 0 amide bonds. The summed E-state index contributed by atoms with van der Waals surface area (Å²) in [6, 6.07) is 1.71. The largest absolute Gasteiger partial charge is 0.378 e. The van der Waals surface area contributed by atoms with Crippen molar-refractivity contribution in [3.63, 3.8) is 0 Å². The lowest BCUT2D eigenvalue weighted by Gasteiger charge is -2.00. The van der Waals surface area contributed by atoms with Gasteiger partial charge in [0.25, 0.3) is 0 Å². The number of nitrogens with zero attached hydrogens (tertiary/aromatic N) is 2. The minimum Gasteiger partial charge on any atom is -0.378 e. The Kier molecular flexibility index (Phi) is 2.30. The molecule has 1 aromatic heterocycles. The molecule has 3 N–H and O–H groups in total. The van der Waals surface area contributed by atoms with Crippen LogP contribution in [-0.2, 0) is 6.42 Å². The maximum absolute atomic E-state index is 8.70. The molecular formula is C6H9N3O. The summed E-state index contributed by atoms with van der Waals surface area (Å²) in [7, 11) is 0. The van der Waals surface area contributed by atoms with Crippen molar-refractivity contribution >= 4 is 0 Å². The molecule has 0 aliphatic rings. The molecule has 0 fully saturated rings. The molecule has 1 rings (SSSR count). The van der Waals surface area contributed by atoms with Gasteiger partial charge in [-0.15, -0.1) is 0 Å². The monoisotopic (exact) mass is 139 g/mol. The molecule has 1 aromatic rings. The summed E-state index contributed by atoms with van der Waals surface area (Å²) in [5.74, 6) is 0.567. The molecule has 0 radical (unpaired) electrons.